The van der Waals surface area contributed by atoms with Gasteiger partial charge in [0, 0.05) is 13.2 Å². The SMILES string of the molecule is CN(Cc1nc2ccsc2c(=O)[nH]1)C(=O)c1ccc[nH]c1=O. The van der Waals surface area contributed by atoms with Gasteiger partial charge in [-0.1, -0.05) is 0 Å². The lowest BCUT2D eigenvalue weighted by molar-refractivity contribution is 0.0780. The first-order valence-electron chi connectivity index (χ1n) is 6.46. The molecule has 3 aromatic heterocycles. The Morgan fingerprint density at radius 2 is 2.14 bits per heavy atom. The largest absolute Gasteiger partial charge is 0.334 e. The molecule has 0 aliphatic heterocycles. The number of pyridine rings is 1. The molecule has 7 nitrogen and oxygen atoms in total. The van der Waals surface area contributed by atoms with Crippen LogP contribution in [0.4, 0.5) is 0 Å². The molecule has 0 atom stereocenters. The molecular weight excluding hydrogens is 304 g/mol. The van der Waals surface area contributed by atoms with Gasteiger partial charge in [0.15, 0.2) is 0 Å². The second kappa shape index (κ2) is 5.57. The number of hydrogen-bond donors (Lipinski definition) is 2. The van der Waals surface area contributed by atoms with Crippen molar-refractivity contribution in [2.24, 2.45) is 0 Å². The maximum absolute atomic E-state index is 12.3. The maximum Gasteiger partial charge on any atom is 0.268 e. The van der Waals surface area contributed by atoms with Crippen molar-refractivity contribution >= 4 is 27.5 Å². The van der Waals surface area contributed by atoms with Crippen molar-refractivity contribution < 1.29 is 4.79 Å². The first-order valence-corrected chi connectivity index (χ1v) is 7.34. The average molecular weight is 316 g/mol. The number of carbonyl (C=O) groups excluding carboxylic acids is 1. The number of carbonyl (C=O) groups is 1. The zero-order valence-electron chi connectivity index (χ0n) is 11.6. The predicted molar refractivity (Wildman–Crippen MR) is 83.1 cm³/mol. The molecule has 8 heteroatoms. The number of aromatic amines is 2. The normalized spacial score (nSPS) is 10.8. The van der Waals surface area contributed by atoms with Crippen LogP contribution < -0.4 is 11.1 Å². The molecule has 0 bridgehead atoms. The van der Waals surface area contributed by atoms with E-state index in [1.54, 1.807) is 24.6 Å². The topological polar surface area (TPSA) is 98.9 Å². The molecule has 0 aliphatic carbocycles. The molecule has 3 rings (SSSR count). The molecule has 1 amide bonds. The number of aromatic nitrogens is 3. The van der Waals surface area contributed by atoms with Crippen LogP contribution in [-0.4, -0.2) is 32.8 Å². The van der Waals surface area contributed by atoms with Gasteiger partial charge in [-0.05, 0) is 23.6 Å². The van der Waals surface area contributed by atoms with Crippen molar-refractivity contribution in [3.05, 3.63) is 61.9 Å². The van der Waals surface area contributed by atoms with Crippen LogP contribution in [0, 0.1) is 0 Å². The number of H-pyrrole nitrogens is 2. The van der Waals surface area contributed by atoms with Crippen LogP contribution in [0.1, 0.15) is 16.2 Å². The minimum absolute atomic E-state index is 0.0453. The van der Waals surface area contributed by atoms with E-state index in [9.17, 15) is 14.4 Å². The summed E-state index contributed by atoms with van der Waals surface area (Å²) < 4.78 is 0.553. The highest BCUT2D eigenvalue weighted by Crippen LogP contribution is 2.14. The number of nitrogens with zero attached hydrogens (tertiary/aromatic N) is 2. The highest BCUT2D eigenvalue weighted by Gasteiger charge is 2.16. The third-order valence-corrected chi connectivity index (χ3v) is 4.05. The maximum atomic E-state index is 12.3. The molecule has 0 unspecified atom stereocenters. The summed E-state index contributed by atoms with van der Waals surface area (Å²) >= 11 is 1.31. The van der Waals surface area contributed by atoms with Gasteiger partial charge in [0.2, 0.25) is 0 Å². The molecule has 3 heterocycles. The Hall–Kier alpha value is -2.74. The lowest BCUT2D eigenvalue weighted by atomic mass is 10.2. The second-order valence-corrected chi connectivity index (χ2v) is 5.64. The molecule has 112 valence electrons. The minimum Gasteiger partial charge on any atom is -0.334 e. The monoisotopic (exact) mass is 316 g/mol. The van der Waals surface area contributed by atoms with E-state index >= 15 is 0 Å². The van der Waals surface area contributed by atoms with Crippen molar-refractivity contribution in [1.82, 2.24) is 19.9 Å². The summed E-state index contributed by atoms with van der Waals surface area (Å²) in [4.78, 5) is 46.5. The van der Waals surface area contributed by atoms with E-state index in [1.165, 1.54) is 28.5 Å². The summed E-state index contributed by atoms with van der Waals surface area (Å²) in [5.41, 5.74) is -0.0337. The smallest absolute Gasteiger partial charge is 0.268 e. The summed E-state index contributed by atoms with van der Waals surface area (Å²) in [7, 11) is 1.55. The van der Waals surface area contributed by atoms with Gasteiger partial charge < -0.3 is 14.9 Å². The van der Waals surface area contributed by atoms with Crippen molar-refractivity contribution in [2.45, 2.75) is 6.54 Å². The Kier molecular flexibility index (Phi) is 3.60. The Morgan fingerprint density at radius 1 is 1.32 bits per heavy atom. The lowest BCUT2D eigenvalue weighted by Gasteiger charge is -2.15. The first-order chi connectivity index (χ1) is 10.6. The fraction of sp³-hybridized carbons (Fsp3) is 0.143. The highest BCUT2D eigenvalue weighted by atomic mass is 32.1. The average Bonchev–Trinajstić information content (AvgIpc) is 2.96. The second-order valence-electron chi connectivity index (χ2n) is 4.72. The summed E-state index contributed by atoms with van der Waals surface area (Å²) in [5, 5.41) is 1.79. The summed E-state index contributed by atoms with van der Waals surface area (Å²) in [5.74, 6) is -0.0611. The van der Waals surface area contributed by atoms with Gasteiger partial charge in [0.25, 0.3) is 17.0 Å². The van der Waals surface area contributed by atoms with Crippen LogP contribution in [0.5, 0.6) is 0 Å². The summed E-state index contributed by atoms with van der Waals surface area (Å²) in [6, 6.07) is 4.79. The number of nitrogens with one attached hydrogen (secondary N) is 2. The van der Waals surface area contributed by atoms with Gasteiger partial charge in [-0.2, -0.15) is 0 Å². The first kappa shape index (κ1) is 14.2. The quantitative estimate of drug-likeness (QED) is 0.751. The Labute approximate surface area is 128 Å². The zero-order valence-corrected chi connectivity index (χ0v) is 12.4. The number of hydrogen-bond acceptors (Lipinski definition) is 5. The Balaban J connectivity index is 1.88. The lowest BCUT2D eigenvalue weighted by Crippen LogP contribution is -2.32. The standard InChI is InChI=1S/C14H12N4O3S/c1-18(14(21)8-3-2-5-15-12(8)19)7-10-16-9-4-6-22-11(9)13(20)17-10/h2-6H,7H2,1H3,(H,15,19)(H,16,17,20). The number of fused-ring (bicyclic) bond motifs is 1. The van der Waals surface area contributed by atoms with Crippen LogP contribution in [0.3, 0.4) is 0 Å². The van der Waals surface area contributed by atoms with E-state index in [4.69, 9.17) is 0 Å². The van der Waals surface area contributed by atoms with E-state index in [0.29, 0.717) is 16.0 Å². The number of thiophene rings is 1. The molecule has 0 fully saturated rings. The Morgan fingerprint density at radius 3 is 2.91 bits per heavy atom. The summed E-state index contributed by atoms with van der Waals surface area (Å²) in [6.07, 6.45) is 1.46. The van der Waals surface area contributed by atoms with E-state index in [1.807, 2.05) is 0 Å². The molecule has 0 saturated carbocycles. The Bertz CT molecular complexity index is 956. The zero-order chi connectivity index (χ0) is 15.7. The molecule has 0 spiro atoms. The van der Waals surface area contributed by atoms with Crippen LogP contribution in [0.2, 0.25) is 0 Å². The fourth-order valence-electron chi connectivity index (χ4n) is 2.09. The summed E-state index contributed by atoms with van der Waals surface area (Å²) in [6.45, 7) is 0.105. The number of amides is 1. The van der Waals surface area contributed by atoms with E-state index < -0.39 is 11.5 Å². The minimum atomic E-state index is -0.450. The highest BCUT2D eigenvalue weighted by molar-refractivity contribution is 7.17. The third-order valence-electron chi connectivity index (χ3n) is 3.15. The van der Waals surface area contributed by atoms with Crippen LogP contribution in [0.25, 0.3) is 10.2 Å². The van der Waals surface area contributed by atoms with Gasteiger partial charge in [0.1, 0.15) is 16.1 Å². The molecule has 2 N–H and O–H groups in total. The van der Waals surface area contributed by atoms with E-state index in [-0.39, 0.29) is 17.7 Å². The fourth-order valence-corrected chi connectivity index (χ4v) is 2.81. The predicted octanol–water partition coefficient (Wildman–Crippen LogP) is 0.945. The molecule has 0 aliphatic rings. The van der Waals surface area contributed by atoms with Crippen molar-refractivity contribution in [1.29, 1.82) is 0 Å². The van der Waals surface area contributed by atoms with Gasteiger partial charge in [-0.25, -0.2) is 4.98 Å². The van der Waals surface area contributed by atoms with Crippen molar-refractivity contribution in [2.75, 3.05) is 7.05 Å². The van der Waals surface area contributed by atoms with Gasteiger partial charge in [-0.3, -0.25) is 14.4 Å². The molecular formula is C14H12N4O3S. The van der Waals surface area contributed by atoms with Crippen LogP contribution in [0.15, 0.2) is 39.4 Å². The molecule has 3 aromatic rings. The number of rotatable bonds is 3. The van der Waals surface area contributed by atoms with E-state index in [0.717, 1.165) is 0 Å². The molecule has 0 aromatic carbocycles. The van der Waals surface area contributed by atoms with Crippen molar-refractivity contribution in [3.8, 4) is 0 Å². The van der Waals surface area contributed by atoms with Gasteiger partial charge in [0.05, 0.1) is 12.1 Å². The van der Waals surface area contributed by atoms with E-state index in [2.05, 4.69) is 15.0 Å². The van der Waals surface area contributed by atoms with Crippen LogP contribution >= 0.6 is 11.3 Å². The molecule has 22 heavy (non-hydrogen) atoms. The van der Waals surface area contributed by atoms with Gasteiger partial charge >= 0.3 is 0 Å². The van der Waals surface area contributed by atoms with Crippen molar-refractivity contribution in [3.63, 3.8) is 0 Å². The molecule has 0 radical (unpaired) electrons. The third kappa shape index (κ3) is 2.56. The van der Waals surface area contributed by atoms with Gasteiger partial charge in [-0.15, -0.1) is 11.3 Å². The van der Waals surface area contributed by atoms with Crippen LogP contribution in [-0.2, 0) is 6.54 Å². The molecule has 0 saturated heterocycles.